The fraction of sp³-hybridized carbons (Fsp3) is 0.0417. The summed E-state index contributed by atoms with van der Waals surface area (Å²) in [6.07, 6.45) is 0. The van der Waals surface area contributed by atoms with Crippen molar-refractivity contribution < 1.29 is 4.42 Å². The van der Waals surface area contributed by atoms with Gasteiger partial charge < -0.3 is 9.32 Å². The highest BCUT2D eigenvalue weighted by Crippen LogP contribution is 2.37. The van der Waals surface area contributed by atoms with Crippen LogP contribution in [-0.4, -0.2) is 12.0 Å². The SMILES string of the molecule is CN(c1ccccc1)c1cc2oc(-c3ccccc3)nc2c2ccccc12. The molecule has 0 N–H and O–H groups in total. The highest BCUT2D eigenvalue weighted by Gasteiger charge is 2.16. The van der Waals surface area contributed by atoms with Crippen molar-refractivity contribution in [3.05, 3.63) is 91.0 Å². The van der Waals surface area contributed by atoms with Crippen molar-refractivity contribution in [2.75, 3.05) is 11.9 Å². The van der Waals surface area contributed by atoms with Gasteiger partial charge in [-0.25, -0.2) is 4.98 Å². The standard InChI is InChI=1S/C24H18N2O/c1-26(18-12-6-3-7-13-18)21-16-22-23(20-15-9-8-14-19(20)21)25-24(27-22)17-10-4-2-5-11-17/h2-16H,1H3. The molecule has 0 unspecified atom stereocenters. The lowest BCUT2D eigenvalue weighted by molar-refractivity contribution is 0.620. The number of aromatic nitrogens is 1. The molecule has 3 heteroatoms. The number of hydrogen-bond donors (Lipinski definition) is 0. The normalized spacial score (nSPS) is 11.1. The van der Waals surface area contributed by atoms with E-state index in [0.29, 0.717) is 5.89 Å². The number of rotatable bonds is 3. The lowest BCUT2D eigenvalue weighted by Gasteiger charge is -2.21. The Balaban J connectivity index is 1.76. The second-order valence-electron chi connectivity index (χ2n) is 6.57. The average molecular weight is 350 g/mol. The predicted octanol–water partition coefficient (Wildman–Crippen LogP) is 6.42. The van der Waals surface area contributed by atoms with E-state index in [-0.39, 0.29) is 0 Å². The Kier molecular flexibility index (Phi) is 3.65. The van der Waals surface area contributed by atoms with Crippen LogP contribution < -0.4 is 4.90 Å². The van der Waals surface area contributed by atoms with Crippen LogP contribution in [-0.2, 0) is 0 Å². The minimum Gasteiger partial charge on any atom is -0.436 e. The van der Waals surface area contributed by atoms with Gasteiger partial charge in [0, 0.05) is 35.1 Å². The molecular weight excluding hydrogens is 332 g/mol. The summed E-state index contributed by atoms with van der Waals surface area (Å²) in [4.78, 5) is 6.99. The summed E-state index contributed by atoms with van der Waals surface area (Å²) in [5.74, 6) is 0.648. The molecule has 1 aromatic heterocycles. The van der Waals surface area contributed by atoms with Gasteiger partial charge in [-0.15, -0.1) is 0 Å². The smallest absolute Gasteiger partial charge is 0.227 e. The highest BCUT2D eigenvalue weighted by molar-refractivity contribution is 6.11. The molecule has 27 heavy (non-hydrogen) atoms. The maximum atomic E-state index is 6.15. The molecule has 0 radical (unpaired) electrons. The zero-order valence-corrected chi connectivity index (χ0v) is 15.0. The highest BCUT2D eigenvalue weighted by atomic mass is 16.3. The quantitative estimate of drug-likeness (QED) is 0.376. The van der Waals surface area contributed by atoms with Gasteiger partial charge in [-0.3, -0.25) is 0 Å². The number of benzene rings is 4. The molecule has 0 fully saturated rings. The summed E-state index contributed by atoms with van der Waals surface area (Å²) < 4.78 is 6.15. The lowest BCUT2D eigenvalue weighted by atomic mass is 10.1. The minimum atomic E-state index is 0.648. The van der Waals surface area contributed by atoms with E-state index in [1.54, 1.807) is 0 Å². The first kappa shape index (κ1) is 15.6. The van der Waals surface area contributed by atoms with Gasteiger partial charge in [0.1, 0.15) is 5.52 Å². The monoisotopic (exact) mass is 350 g/mol. The van der Waals surface area contributed by atoms with Crippen molar-refractivity contribution in [1.82, 2.24) is 4.98 Å². The molecule has 3 nitrogen and oxygen atoms in total. The molecule has 0 saturated heterocycles. The number of nitrogens with zero attached hydrogens (tertiary/aromatic N) is 2. The van der Waals surface area contributed by atoms with Crippen LogP contribution in [0.3, 0.4) is 0 Å². The fourth-order valence-corrected chi connectivity index (χ4v) is 3.51. The molecule has 0 aliphatic rings. The first-order valence-corrected chi connectivity index (χ1v) is 8.98. The van der Waals surface area contributed by atoms with Crippen molar-refractivity contribution >= 4 is 33.2 Å². The first-order chi connectivity index (χ1) is 13.3. The van der Waals surface area contributed by atoms with E-state index in [0.717, 1.165) is 38.8 Å². The van der Waals surface area contributed by atoms with E-state index in [9.17, 15) is 0 Å². The van der Waals surface area contributed by atoms with E-state index in [2.05, 4.69) is 60.5 Å². The van der Waals surface area contributed by atoms with E-state index < -0.39 is 0 Å². The Bertz CT molecular complexity index is 1230. The molecule has 0 aliphatic heterocycles. The summed E-state index contributed by atoms with van der Waals surface area (Å²) in [5, 5.41) is 2.25. The summed E-state index contributed by atoms with van der Waals surface area (Å²) in [7, 11) is 2.08. The number of hydrogen-bond acceptors (Lipinski definition) is 3. The first-order valence-electron chi connectivity index (χ1n) is 8.98. The second-order valence-corrected chi connectivity index (χ2v) is 6.57. The number of oxazole rings is 1. The van der Waals surface area contributed by atoms with Crippen LogP contribution >= 0.6 is 0 Å². The molecule has 130 valence electrons. The van der Waals surface area contributed by atoms with Crippen LogP contribution in [0.4, 0.5) is 11.4 Å². The molecule has 4 aromatic carbocycles. The van der Waals surface area contributed by atoms with Gasteiger partial charge in [-0.05, 0) is 24.3 Å². The van der Waals surface area contributed by atoms with Crippen molar-refractivity contribution in [1.29, 1.82) is 0 Å². The van der Waals surface area contributed by atoms with Gasteiger partial charge in [0.05, 0.1) is 5.69 Å². The van der Waals surface area contributed by atoms with Crippen LogP contribution in [0.25, 0.3) is 33.3 Å². The maximum Gasteiger partial charge on any atom is 0.227 e. The summed E-state index contributed by atoms with van der Waals surface area (Å²) in [5.41, 5.74) is 4.90. The molecule has 0 saturated carbocycles. The molecule has 5 rings (SSSR count). The largest absolute Gasteiger partial charge is 0.436 e. The van der Waals surface area contributed by atoms with Gasteiger partial charge in [0.15, 0.2) is 5.58 Å². The minimum absolute atomic E-state index is 0.648. The van der Waals surface area contributed by atoms with Gasteiger partial charge in [0.25, 0.3) is 0 Å². The van der Waals surface area contributed by atoms with Crippen LogP contribution in [0.1, 0.15) is 0 Å². The zero-order valence-electron chi connectivity index (χ0n) is 15.0. The molecule has 1 heterocycles. The van der Waals surface area contributed by atoms with E-state index in [1.807, 2.05) is 42.5 Å². The zero-order chi connectivity index (χ0) is 18.2. The summed E-state index contributed by atoms with van der Waals surface area (Å²) in [6, 6.07) is 30.8. The number of fused-ring (bicyclic) bond motifs is 3. The van der Waals surface area contributed by atoms with Crippen molar-refractivity contribution in [3.8, 4) is 11.5 Å². The van der Waals surface area contributed by atoms with E-state index in [4.69, 9.17) is 9.40 Å². The van der Waals surface area contributed by atoms with E-state index >= 15 is 0 Å². The van der Waals surface area contributed by atoms with Crippen molar-refractivity contribution in [2.45, 2.75) is 0 Å². The van der Waals surface area contributed by atoms with E-state index in [1.165, 1.54) is 0 Å². The Hall–Kier alpha value is -3.59. The third-order valence-electron chi connectivity index (χ3n) is 4.90. The van der Waals surface area contributed by atoms with Crippen molar-refractivity contribution in [2.24, 2.45) is 0 Å². The summed E-state index contributed by atoms with van der Waals surface area (Å²) >= 11 is 0. The Morgan fingerprint density at radius 1 is 0.741 bits per heavy atom. The molecule has 0 spiro atoms. The van der Waals surface area contributed by atoms with Gasteiger partial charge >= 0.3 is 0 Å². The molecule has 0 bridgehead atoms. The molecular formula is C24H18N2O. The average Bonchev–Trinajstić information content (AvgIpc) is 3.18. The van der Waals surface area contributed by atoms with Gasteiger partial charge in [-0.2, -0.15) is 0 Å². The topological polar surface area (TPSA) is 29.3 Å². The summed E-state index contributed by atoms with van der Waals surface area (Å²) in [6.45, 7) is 0. The van der Waals surface area contributed by atoms with Crippen LogP contribution in [0.2, 0.25) is 0 Å². The molecule has 0 atom stereocenters. The number of anilines is 2. The molecule has 0 amide bonds. The number of para-hydroxylation sites is 1. The third kappa shape index (κ3) is 2.64. The van der Waals surface area contributed by atoms with Gasteiger partial charge in [-0.1, -0.05) is 60.7 Å². The Labute approximate surface area is 157 Å². The lowest BCUT2D eigenvalue weighted by Crippen LogP contribution is -2.09. The van der Waals surface area contributed by atoms with Crippen LogP contribution in [0, 0.1) is 0 Å². The Morgan fingerprint density at radius 3 is 2.11 bits per heavy atom. The van der Waals surface area contributed by atoms with Gasteiger partial charge in [0.2, 0.25) is 5.89 Å². The Morgan fingerprint density at radius 2 is 1.37 bits per heavy atom. The molecule has 5 aromatic rings. The molecule has 0 aliphatic carbocycles. The predicted molar refractivity (Wildman–Crippen MR) is 111 cm³/mol. The van der Waals surface area contributed by atoms with Crippen LogP contribution in [0.5, 0.6) is 0 Å². The second kappa shape index (κ2) is 6.29. The third-order valence-corrected chi connectivity index (χ3v) is 4.90. The van der Waals surface area contributed by atoms with Crippen molar-refractivity contribution in [3.63, 3.8) is 0 Å². The fourth-order valence-electron chi connectivity index (χ4n) is 3.51. The maximum absolute atomic E-state index is 6.15. The van der Waals surface area contributed by atoms with Crippen LogP contribution in [0.15, 0.2) is 95.4 Å².